The normalized spacial score (nSPS) is 12.2. The fourth-order valence-electron chi connectivity index (χ4n) is 0.0292. The van der Waals surface area contributed by atoms with Crippen LogP contribution < -0.4 is 0 Å². The summed E-state index contributed by atoms with van der Waals surface area (Å²) in [7, 11) is 0. The molecule has 0 atom stereocenters. The van der Waals surface area contributed by atoms with Gasteiger partial charge in [0.15, 0.2) is 0 Å². The van der Waals surface area contributed by atoms with Crippen molar-refractivity contribution in [1.29, 1.82) is 0 Å². The molecule has 0 aliphatic carbocycles. The Hall–Kier alpha value is 1.20. The van der Waals surface area contributed by atoms with Gasteiger partial charge in [0.2, 0.25) is 0 Å². The van der Waals surface area contributed by atoms with Gasteiger partial charge in [-0.05, 0) is 11.0 Å². The van der Waals surface area contributed by atoms with Gasteiger partial charge >= 0.3 is 0 Å². The quantitative estimate of drug-likeness (QED) is 0.516. The minimum absolute atomic E-state index is 1.15. The van der Waals surface area contributed by atoms with Crippen molar-refractivity contribution in [2.75, 3.05) is 4.43 Å². The van der Waals surface area contributed by atoms with Crippen molar-refractivity contribution in [3.05, 3.63) is 9.66 Å². The molecule has 0 N–H and O–H groups in total. The van der Waals surface area contributed by atoms with E-state index >= 15 is 0 Å². The SMILES string of the molecule is C/C(=C/I)CI. The van der Waals surface area contributed by atoms with Gasteiger partial charge in [-0.25, -0.2) is 0 Å². The van der Waals surface area contributed by atoms with Gasteiger partial charge in [-0.1, -0.05) is 50.8 Å². The molecule has 0 nitrogen and oxygen atoms in total. The third-order valence-corrected chi connectivity index (χ3v) is 2.66. The highest BCUT2D eigenvalue weighted by Crippen LogP contribution is 2.00. The number of hydrogen-bond donors (Lipinski definition) is 0. The number of allylic oxidation sites excluding steroid dienone is 1. The smallest absolute Gasteiger partial charge is 0.0210 e. The Morgan fingerprint density at radius 3 is 2.33 bits per heavy atom. The number of rotatable bonds is 1. The third kappa shape index (κ3) is 3.39. The number of alkyl halides is 1. The van der Waals surface area contributed by atoms with Gasteiger partial charge in [-0.2, -0.15) is 0 Å². The highest BCUT2D eigenvalue weighted by molar-refractivity contribution is 14.1. The van der Waals surface area contributed by atoms with Crippen molar-refractivity contribution >= 4 is 45.2 Å². The van der Waals surface area contributed by atoms with Crippen LogP contribution in [0.2, 0.25) is 0 Å². The molecule has 0 aromatic carbocycles. The monoisotopic (exact) mass is 308 g/mol. The third-order valence-electron chi connectivity index (χ3n) is 0.397. The van der Waals surface area contributed by atoms with E-state index in [1.54, 1.807) is 0 Å². The van der Waals surface area contributed by atoms with Gasteiger partial charge in [0.25, 0.3) is 0 Å². The molecule has 0 unspecified atom stereocenters. The minimum Gasteiger partial charge on any atom is -0.0815 e. The van der Waals surface area contributed by atoms with Crippen molar-refractivity contribution in [3.63, 3.8) is 0 Å². The van der Waals surface area contributed by atoms with E-state index in [0.717, 1.165) is 4.43 Å². The first-order chi connectivity index (χ1) is 2.81. The van der Waals surface area contributed by atoms with Crippen LogP contribution in [-0.2, 0) is 0 Å². The van der Waals surface area contributed by atoms with Crippen molar-refractivity contribution in [3.8, 4) is 0 Å². The zero-order chi connectivity index (χ0) is 4.99. The summed E-state index contributed by atoms with van der Waals surface area (Å²) in [6.07, 6.45) is 0. The van der Waals surface area contributed by atoms with Crippen LogP contribution in [0.15, 0.2) is 9.66 Å². The Balaban J connectivity index is 3.22. The summed E-state index contributed by atoms with van der Waals surface area (Å²) in [5.74, 6) is 0. The lowest BCUT2D eigenvalue weighted by atomic mass is 10.4. The molecule has 0 radical (unpaired) electrons. The molecule has 0 aromatic rings. The van der Waals surface area contributed by atoms with Gasteiger partial charge in [0, 0.05) is 4.43 Å². The van der Waals surface area contributed by atoms with E-state index in [1.165, 1.54) is 5.57 Å². The van der Waals surface area contributed by atoms with Gasteiger partial charge < -0.3 is 0 Å². The van der Waals surface area contributed by atoms with Crippen molar-refractivity contribution in [2.24, 2.45) is 0 Å². The second-order valence-electron chi connectivity index (χ2n) is 1.09. The number of hydrogen-bond acceptors (Lipinski definition) is 0. The standard InChI is InChI=1S/C4H6I2/c1-4(2-5)3-6/h2H,3H2,1H3/b4-2-. The Labute approximate surface area is 65.7 Å². The fourth-order valence-corrected chi connectivity index (χ4v) is 1.31. The molecule has 0 aromatic heterocycles. The Bertz CT molecular complexity index is 56.6. The van der Waals surface area contributed by atoms with Gasteiger partial charge in [-0.15, -0.1) is 0 Å². The van der Waals surface area contributed by atoms with Crippen molar-refractivity contribution < 1.29 is 0 Å². The lowest BCUT2D eigenvalue weighted by molar-refractivity contribution is 1.47. The molecule has 0 fully saturated rings. The van der Waals surface area contributed by atoms with E-state index in [4.69, 9.17) is 0 Å². The van der Waals surface area contributed by atoms with Crippen LogP contribution in [0.4, 0.5) is 0 Å². The summed E-state index contributed by atoms with van der Waals surface area (Å²) in [5, 5.41) is 0. The van der Waals surface area contributed by atoms with Crippen LogP contribution >= 0.6 is 45.2 Å². The van der Waals surface area contributed by atoms with Crippen LogP contribution in [0.25, 0.3) is 0 Å². The van der Waals surface area contributed by atoms with Crippen LogP contribution in [-0.4, -0.2) is 4.43 Å². The van der Waals surface area contributed by atoms with E-state index in [2.05, 4.69) is 56.2 Å². The van der Waals surface area contributed by atoms with E-state index in [0.29, 0.717) is 0 Å². The highest BCUT2D eigenvalue weighted by atomic mass is 127. The molecule has 0 aliphatic rings. The average Bonchev–Trinajstić information content (AvgIpc) is 1.65. The van der Waals surface area contributed by atoms with Crippen LogP contribution in [0.5, 0.6) is 0 Å². The topological polar surface area (TPSA) is 0 Å². The average molecular weight is 308 g/mol. The Morgan fingerprint density at radius 1 is 1.83 bits per heavy atom. The van der Waals surface area contributed by atoms with Gasteiger partial charge in [-0.3, -0.25) is 0 Å². The molecule has 0 bridgehead atoms. The van der Waals surface area contributed by atoms with Crippen LogP contribution in [0.3, 0.4) is 0 Å². The van der Waals surface area contributed by atoms with Crippen molar-refractivity contribution in [2.45, 2.75) is 6.92 Å². The second kappa shape index (κ2) is 4.36. The molecular weight excluding hydrogens is 302 g/mol. The Kier molecular flexibility index (Phi) is 5.23. The zero-order valence-corrected chi connectivity index (χ0v) is 7.86. The maximum absolute atomic E-state index is 2.34. The molecule has 0 aliphatic heterocycles. The lowest BCUT2D eigenvalue weighted by Gasteiger charge is -1.82. The van der Waals surface area contributed by atoms with E-state index < -0.39 is 0 Å². The fraction of sp³-hybridized carbons (Fsp3) is 0.500. The van der Waals surface area contributed by atoms with E-state index in [1.807, 2.05) is 0 Å². The zero-order valence-electron chi connectivity index (χ0n) is 3.54. The number of halogens is 2. The highest BCUT2D eigenvalue weighted by Gasteiger charge is 1.75. The summed E-state index contributed by atoms with van der Waals surface area (Å²) in [6, 6.07) is 0. The van der Waals surface area contributed by atoms with E-state index in [-0.39, 0.29) is 0 Å². The summed E-state index contributed by atoms with van der Waals surface area (Å²) >= 11 is 4.59. The molecule has 0 amide bonds. The van der Waals surface area contributed by atoms with Gasteiger partial charge in [0.05, 0.1) is 0 Å². The molecule has 0 heterocycles. The molecular formula is C4H6I2. The molecule has 6 heavy (non-hydrogen) atoms. The van der Waals surface area contributed by atoms with E-state index in [9.17, 15) is 0 Å². The minimum atomic E-state index is 1.15. The molecule has 0 saturated carbocycles. The van der Waals surface area contributed by atoms with Crippen LogP contribution in [0, 0.1) is 0 Å². The first-order valence-electron chi connectivity index (χ1n) is 1.63. The summed E-state index contributed by atoms with van der Waals surface area (Å²) < 4.78 is 3.25. The largest absolute Gasteiger partial charge is 0.0815 e. The maximum atomic E-state index is 2.34. The first-order valence-corrected chi connectivity index (χ1v) is 4.40. The van der Waals surface area contributed by atoms with Crippen LogP contribution in [0.1, 0.15) is 6.92 Å². The summed E-state index contributed by atoms with van der Waals surface area (Å²) in [6.45, 7) is 2.12. The Morgan fingerprint density at radius 2 is 2.33 bits per heavy atom. The molecule has 0 saturated heterocycles. The molecule has 36 valence electrons. The van der Waals surface area contributed by atoms with Gasteiger partial charge in [0.1, 0.15) is 0 Å². The first kappa shape index (κ1) is 7.20. The maximum Gasteiger partial charge on any atom is 0.0210 e. The lowest BCUT2D eigenvalue weighted by Crippen LogP contribution is -1.67. The molecule has 0 spiro atoms. The molecule has 0 rings (SSSR count). The van der Waals surface area contributed by atoms with Crippen molar-refractivity contribution in [1.82, 2.24) is 0 Å². The summed E-state index contributed by atoms with van der Waals surface area (Å²) in [4.78, 5) is 0. The predicted molar refractivity (Wildman–Crippen MR) is 46.7 cm³/mol. The second-order valence-corrected chi connectivity index (χ2v) is 2.47. The molecule has 2 heteroatoms. The predicted octanol–water partition coefficient (Wildman–Crippen LogP) is 2.76. The summed E-state index contributed by atoms with van der Waals surface area (Å²) in [5.41, 5.74) is 1.44.